The third kappa shape index (κ3) is 2.51. The highest BCUT2D eigenvalue weighted by Crippen LogP contribution is 2.29. The van der Waals surface area contributed by atoms with E-state index in [2.05, 4.69) is 44.9 Å². The fourth-order valence-electron chi connectivity index (χ4n) is 2.99. The van der Waals surface area contributed by atoms with Crippen LogP contribution in [0.25, 0.3) is 10.2 Å². The van der Waals surface area contributed by atoms with Gasteiger partial charge in [0, 0.05) is 30.8 Å². The molecule has 0 saturated heterocycles. The molecule has 1 aliphatic rings. The molecule has 7 heteroatoms. The number of nitrogens with one attached hydrogen (secondary N) is 3. The Morgan fingerprint density at radius 1 is 1.35 bits per heavy atom. The molecule has 0 spiro atoms. The van der Waals surface area contributed by atoms with Gasteiger partial charge in [0.25, 0.3) is 5.91 Å². The maximum absolute atomic E-state index is 12.5. The lowest BCUT2D eigenvalue weighted by atomic mass is 10.1. The van der Waals surface area contributed by atoms with Gasteiger partial charge in [0.1, 0.15) is 0 Å². The van der Waals surface area contributed by atoms with Crippen LogP contribution in [0.1, 0.15) is 32.9 Å². The summed E-state index contributed by atoms with van der Waals surface area (Å²) >= 11 is 1.49. The van der Waals surface area contributed by atoms with Crippen LogP contribution in [0.4, 0.5) is 5.13 Å². The van der Waals surface area contributed by atoms with Gasteiger partial charge >= 0.3 is 0 Å². The summed E-state index contributed by atoms with van der Waals surface area (Å²) in [4.78, 5) is 17.1. The maximum atomic E-state index is 12.5. The van der Waals surface area contributed by atoms with Gasteiger partial charge in [-0.3, -0.25) is 15.2 Å². The molecular formula is C16H17N5OS. The van der Waals surface area contributed by atoms with Crippen molar-refractivity contribution in [3.05, 3.63) is 40.2 Å². The van der Waals surface area contributed by atoms with E-state index in [0.29, 0.717) is 17.4 Å². The van der Waals surface area contributed by atoms with E-state index in [4.69, 9.17) is 0 Å². The van der Waals surface area contributed by atoms with Crippen molar-refractivity contribution in [2.45, 2.75) is 26.8 Å². The molecule has 3 aromatic rings. The monoisotopic (exact) mass is 327 g/mol. The molecule has 0 saturated carbocycles. The van der Waals surface area contributed by atoms with Crippen molar-refractivity contribution >= 4 is 32.6 Å². The fourth-order valence-corrected chi connectivity index (χ4v) is 4.03. The van der Waals surface area contributed by atoms with Crippen LogP contribution < -0.4 is 10.6 Å². The summed E-state index contributed by atoms with van der Waals surface area (Å²) in [7, 11) is 0. The molecule has 0 unspecified atom stereocenters. The minimum atomic E-state index is -0.209. The second-order valence-electron chi connectivity index (χ2n) is 5.86. The molecule has 4 rings (SSSR count). The summed E-state index contributed by atoms with van der Waals surface area (Å²) < 4.78 is 1.09. The van der Waals surface area contributed by atoms with E-state index >= 15 is 0 Å². The quantitative estimate of drug-likeness (QED) is 0.675. The molecule has 3 N–H and O–H groups in total. The van der Waals surface area contributed by atoms with Crippen LogP contribution in [-0.4, -0.2) is 27.6 Å². The van der Waals surface area contributed by atoms with E-state index < -0.39 is 0 Å². The highest BCUT2D eigenvalue weighted by Gasteiger charge is 2.22. The minimum absolute atomic E-state index is 0.209. The average molecular weight is 327 g/mol. The maximum Gasteiger partial charge on any atom is 0.278 e. The first-order valence-corrected chi connectivity index (χ1v) is 8.39. The molecule has 0 bridgehead atoms. The molecular weight excluding hydrogens is 310 g/mol. The lowest BCUT2D eigenvalue weighted by molar-refractivity contribution is 0.102. The molecule has 2 aromatic heterocycles. The number of carbonyl (C=O) groups is 1. The molecule has 23 heavy (non-hydrogen) atoms. The number of aryl methyl sites for hydroxylation is 2. The molecule has 1 aliphatic heterocycles. The van der Waals surface area contributed by atoms with Gasteiger partial charge in [0.05, 0.1) is 10.2 Å². The van der Waals surface area contributed by atoms with Crippen LogP contribution in [0.3, 0.4) is 0 Å². The van der Waals surface area contributed by atoms with Crippen molar-refractivity contribution in [1.29, 1.82) is 0 Å². The summed E-state index contributed by atoms with van der Waals surface area (Å²) in [6.45, 7) is 5.68. The van der Waals surface area contributed by atoms with Crippen molar-refractivity contribution in [2.24, 2.45) is 0 Å². The summed E-state index contributed by atoms with van der Waals surface area (Å²) in [5, 5.41) is 13.9. The Hall–Kier alpha value is -2.25. The number of thiazole rings is 1. The van der Waals surface area contributed by atoms with Gasteiger partial charge < -0.3 is 5.32 Å². The number of rotatable bonds is 2. The third-order valence-corrected chi connectivity index (χ3v) is 4.99. The third-order valence-electron chi connectivity index (χ3n) is 4.07. The van der Waals surface area contributed by atoms with Crippen molar-refractivity contribution in [1.82, 2.24) is 20.5 Å². The summed E-state index contributed by atoms with van der Waals surface area (Å²) in [5.74, 6) is -0.209. The molecule has 0 radical (unpaired) electrons. The molecule has 1 aromatic carbocycles. The zero-order valence-corrected chi connectivity index (χ0v) is 13.8. The summed E-state index contributed by atoms with van der Waals surface area (Å²) in [6.07, 6.45) is 0.870. The number of H-pyrrole nitrogens is 1. The van der Waals surface area contributed by atoms with Crippen LogP contribution in [0.2, 0.25) is 0 Å². The zero-order chi connectivity index (χ0) is 16.0. The molecule has 0 fully saturated rings. The number of aromatic nitrogens is 3. The number of hydrogen-bond donors (Lipinski definition) is 3. The van der Waals surface area contributed by atoms with Gasteiger partial charge in [0.2, 0.25) is 0 Å². The number of benzene rings is 1. The normalized spacial score (nSPS) is 14.0. The molecule has 118 valence electrons. The minimum Gasteiger partial charge on any atom is -0.312 e. The van der Waals surface area contributed by atoms with Crippen molar-refractivity contribution in [3.63, 3.8) is 0 Å². The van der Waals surface area contributed by atoms with Crippen LogP contribution in [0, 0.1) is 13.8 Å². The Labute approximate surface area is 137 Å². The van der Waals surface area contributed by atoms with Gasteiger partial charge in [0.15, 0.2) is 10.8 Å². The number of fused-ring (bicyclic) bond motifs is 2. The van der Waals surface area contributed by atoms with E-state index in [1.807, 2.05) is 6.92 Å². The van der Waals surface area contributed by atoms with Gasteiger partial charge in [-0.15, -0.1) is 0 Å². The fraction of sp³-hybridized carbons (Fsp3) is 0.312. The number of amides is 1. The van der Waals surface area contributed by atoms with E-state index in [1.165, 1.54) is 16.9 Å². The predicted octanol–water partition coefficient (Wildman–Crippen LogP) is 2.53. The van der Waals surface area contributed by atoms with Crippen molar-refractivity contribution < 1.29 is 4.79 Å². The highest BCUT2D eigenvalue weighted by molar-refractivity contribution is 7.22. The van der Waals surface area contributed by atoms with Crippen molar-refractivity contribution in [2.75, 3.05) is 11.9 Å². The average Bonchev–Trinajstić information content (AvgIpc) is 3.10. The Bertz CT molecular complexity index is 911. The second-order valence-corrected chi connectivity index (χ2v) is 6.89. The number of aromatic amines is 1. The highest BCUT2D eigenvalue weighted by atomic mass is 32.1. The Balaban J connectivity index is 1.64. The number of hydrogen-bond acceptors (Lipinski definition) is 5. The predicted molar refractivity (Wildman–Crippen MR) is 91.0 cm³/mol. The molecule has 1 amide bonds. The van der Waals surface area contributed by atoms with E-state index in [1.54, 1.807) is 0 Å². The number of anilines is 1. The largest absolute Gasteiger partial charge is 0.312 e. The molecule has 0 aliphatic carbocycles. The second kappa shape index (κ2) is 5.43. The van der Waals surface area contributed by atoms with Gasteiger partial charge in [-0.25, -0.2) is 4.98 Å². The Morgan fingerprint density at radius 3 is 3.09 bits per heavy atom. The van der Waals surface area contributed by atoms with Crippen LogP contribution >= 0.6 is 11.3 Å². The van der Waals surface area contributed by atoms with Crippen LogP contribution in [0.5, 0.6) is 0 Å². The molecule has 6 nitrogen and oxygen atoms in total. The first-order chi connectivity index (χ1) is 11.1. The lowest BCUT2D eigenvalue weighted by Gasteiger charge is -2.12. The SMILES string of the molecule is Cc1cc(C)c2nc(NC(=O)c3n[nH]c4c3CNCC4)sc2c1. The zero-order valence-electron chi connectivity index (χ0n) is 13.0. The first kappa shape index (κ1) is 14.3. The van der Waals surface area contributed by atoms with E-state index in [0.717, 1.165) is 40.0 Å². The number of nitrogens with zero attached hydrogens (tertiary/aromatic N) is 2. The van der Waals surface area contributed by atoms with Gasteiger partial charge in [-0.05, 0) is 31.0 Å². The summed E-state index contributed by atoms with van der Waals surface area (Å²) in [6, 6.07) is 4.19. The Kier molecular flexibility index (Phi) is 3.39. The number of carbonyl (C=O) groups excluding carboxylic acids is 1. The van der Waals surface area contributed by atoms with Crippen molar-refractivity contribution in [3.8, 4) is 0 Å². The van der Waals surface area contributed by atoms with Gasteiger partial charge in [-0.1, -0.05) is 17.4 Å². The topological polar surface area (TPSA) is 82.7 Å². The van der Waals surface area contributed by atoms with Crippen LogP contribution in [0.15, 0.2) is 12.1 Å². The standard InChI is InChI=1S/C16H17N5OS/c1-8-5-9(2)13-12(6-8)23-16(18-13)19-15(22)14-10-7-17-4-3-11(10)20-21-14/h5-6,17H,3-4,7H2,1-2H3,(H,20,21)(H,18,19,22). The first-order valence-electron chi connectivity index (χ1n) is 7.58. The van der Waals surface area contributed by atoms with E-state index in [-0.39, 0.29) is 5.91 Å². The van der Waals surface area contributed by atoms with Crippen LogP contribution in [-0.2, 0) is 13.0 Å². The molecule has 3 heterocycles. The smallest absolute Gasteiger partial charge is 0.278 e. The van der Waals surface area contributed by atoms with E-state index in [9.17, 15) is 4.79 Å². The lowest BCUT2D eigenvalue weighted by Crippen LogP contribution is -2.25. The molecule has 0 atom stereocenters. The summed E-state index contributed by atoms with van der Waals surface area (Å²) in [5.41, 5.74) is 5.73. The van der Waals surface area contributed by atoms with Gasteiger partial charge in [-0.2, -0.15) is 5.10 Å². The Morgan fingerprint density at radius 2 is 2.22 bits per heavy atom.